The predicted octanol–water partition coefficient (Wildman–Crippen LogP) is 4.97. The SMILES string of the molecule is CC(C)N(C)c1cccc(NC(=O)c2ccc(Oc3cccnc3)cc2)c1. The Kier molecular flexibility index (Phi) is 5.71. The molecule has 0 aliphatic carbocycles. The number of carbonyl (C=O) groups is 1. The summed E-state index contributed by atoms with van der Waals surface area (Å²) in [5, 5.41) is 2.95. The first-order chi connectivity index (χ1) is 13.0. The molecule has 0 fully saturated rings. The summed E-state index contributed by atoms with van der Waals surface area (Å²) in [6.07, 6.45) is 3.33. The maximum atomic E-state index is 12.5. The van der Waals surface area contributed by atoms with Gasteiger partial charge in [0.2, 0.25) is 0 Å². The van der Waals surface area contributed by atoms with Crippen LogP contribution in [0.15, 0.2) is 73.1 Å². The largest absolute Gasteiger partial charge is 0.456 e. The van der Waals surface area contributed by atoms with Crippen molar-refractivity contribution in [1.82, 2.24) is 4.98 Å². The van der Waals surface area contributed by atoms with Crippen LogP contribution in [0.1, 0.15) is 24.2 Å². The normalized spacial score (nSPS) is 10.5. The first-order valence-corrected chi connectivity index (χ1v) is 8.85. The highest BCUT2D eigenvalue weighted by Gasteiger charge is 2.09. The topological polar surface area (TPSA) is 54.5 Å². The lowest BCUT2D eigenvalue weighted by molar-refractivity contribution is 0.102. The number of benzene rings is 2. The number of hydrogen-bond donors (Lipinski definition) is 1. The average Bonchev–Trinajstić information content (AvgIpc) is 2.69. The quantitative estimate of drug-likeness (QED) is 0.673. The Morgan fingerprint density at radius 1 is 1.04 bits per heavy atom. The Hall–Kier alpha value is -3.34. The van der Waals surface area contributed by atoms with Crippen LogP contribution < -0.4 is 15.0 Å². The van der Waals surface area contributed by atoms with Crippen LogP contribution in [0.2, 0.25) is 0 Å². The van der Waals surface area contributed by atoms with Crippen molar-refractivity contribution in [2.45, 2.75) is 19.9 Å². The van der Waals surface area contributed by atoms with Gasteiger partial charge < -0.3 is 15.0 Å². The van der Waals surface area contributed by atoms with Gasteiger partial charge in [-0.15, -0.1) is 0 Å². The van der Waals surface area contributed by atoms with Crippen molar-refractivity contribution in [3.05, 3.63) is 78.6 Å². The number of pyridine rings is 1. The summed E-state index contributed by atoms with van der Waals surface area (Å²) in [5.41, 5.74) is 2.39. The third-order valence-electron chi connectivity index (χ3n) is 4.27. The van der Waals surface area contributed by atoms with Gasteiger partial charge in [-0.05, 0) is 68.4 Å². The fraction of sp³-hybridized carbons (Fsp3) is 0.182. The Labute approximate surface area is 159 Å². The van der Waals surface area contributed by atoms with Crippen LogP contribution >= 0.6 is 0 Å². The minimum atomic E-state index is -0.160. The molecule has 3 rings (SSSR count). The van der Waals surface area contributed by atoms with Crippen molar-refractivity contribution >= 4 is 17.3 Å². The van der Waals surface area contributed by atoms with E-state index in [9.17, 15) is 4.79 Å². The summed E-state index contributed by atoms with van der Waals surface area (Å²) < 4.78 is 5.70. The summed E-state index contributed by atoms with van der Waals surface area (Å²) >= 11 is 0. The lowest BCUT2D eigenvalue weighted by Crippen LogP contribution is -2.25. The van der Waals surface area contributed by atoms with Gasteiger partial charge in [0, 0.05) is 36.2 Å². The summed E-state index contributed by atoms with van der Waals surface area (Å²) in [4.78, 5) is 18.7. The Balaban J connectivity index is 1.67. The van der Waals surface area contributed by atoms with Crippen molar-refractivity contribution in [3.8, 4) is 11.5 Å². The number of amides is 1. The summed E-state index contributed by atoms with van der Waals surface area (Å²) in [6, 6.07) is 18.9. The Morgan fingerprint density at radius 2 is 1.81 bits per heavy atom. The van der Waals surface area contributed by atoms with E-state index in [1.807, 2.05) is 43.4 Å². The zero-order valence-electron chi connectivity index (χ0n) is 15.7. The van der Waals surface area contributed by atoms with Crippen LogP contribution in [0.4, 0.5) is 11.4 Å². The van der Waals surface area contributed by atoms with Crippen LogP contribution in [-0.2, 0) is 0 Å². The highest BCUT2D eigenvalue weighted by Crippen LogP contribution is 2.22. The molecular weight excluding hydrogens is 338 g/mol. The highest BCUT2D eigenvalue weighted by molar-refractivity contribution is 6.04. The second-order valence-electron chi connectivity index (χ2n) is 6.52. The first-order valence-electron chi connectivity index (χ1n) is 8.85. The van der Waals surface area contributed by atoms with E-state index in [-0.39, 0.29) is 5.91 Å². The molecule has 0 saturated carbocycles. The van der Waals surface area contributed by atoms with E-state index >= 15 is 0 Å². The van der Waals surface area contributed by atoms with Gasteiger partial charge in [0.05, 0.1) is 6.20 Å². The van der Waals surface area contributed by atoms with Crippen molar-refractivity contribution in [2.24, 2.45) is 0 Å². The molecule has 0 radical (unpaired) electrons. The van der Waals surface area contributed by atoms with Gasteiger partial charge in [0.25, 0.3) is 5.91 Å². The molecule has 0 bridgehead atoms. The summed E-state index contributed by atoms with van der Waals surface area (Å²) in [5.74, 6) is 1.15. The highest BCUT2D eigenvalue weighted by atomic mass is 16.5. The number of aromatic nitrogens is 1. The van der Waals surface area contributed by atoms with E-state index in [1.165, 1.54) is 0 Å². The molecule has 0 aliphatic rings. The van der Waals surface area contributed by atoms with Crippen LogP contribution in [0.5, 0.6) is 11.5 Å². The van der Waals surface area contributed by atoms with Gasteiger partial charge >= 0.3 is 0 Å². The predicted molar refractivity (Wildman–Crippen MR) is 109 cm³/mol. The second kappa shape index (κ2) is 8.36. The number of nitrogens with zero attached hydrogens (tertiary/aromatic N) is 2. The van der Waals surface area contributed by atoms with Crippen LogP contribution in [-0.4, -0.2) is 24.0 Å². The lowest BCUT2D eigenvalue weighted by Gasteiger charge is -2.24. The van der Waals surface area contributed by atoms with Crippen molar-refractivity contribution < 1.29 is 9.53 Å². The number of anilines is 2. The molecule has 0 spiro atoms. The third-order valence-corrected chi connectivity index (χ3v) is 4.27. The van der Waals surface area contributed by atoms with Gasteiger partial charge in [-0.3, -0.25) is 9.78 Å². The van der Waals surface area contributed by atoms with Crippen molar-refractivity contribution in [1.29, 1.82) is 0 Å². The monoisotopic (exact) mass is 361 g/mol. The fourth-order valence-electron chi connectivity index (χ4n) is 2.52. The molecule has 3 aromatic rings. The molecule has 0 saturated heterocycles. The number of hydrogen-bond acceptors (Lipinski definition) is 4. The standard InChI is InChI=1S/C22H23N3O2/c1-16(2)25(3)19-7-4-6-18(14-19)24-22(26)17-9-11-20(12-10-17)27-21-8-5-13-23-15-21/h4-16H,1-3H3,(H,24,26). The lowest BCUT2D eigenvalue weighted by atomic mass is 10.2. The summed E-state index contributed by atoms with van der Waals surface area (Å²) in [6.45, 7) is 4.25. The zero-order chi connectivity index (χ0) is 19.2. The zero-order valence-corrected chi connectivity index (χ0v) is 15.7. The molecule has 0 aliphatic heterocycles. The van der Waals surface area contributed by atoms with Gasteiger partial charge in [-0.2, -0.15) is 0 Å². The van der Waals surface area contributed by atoms with Crippen LogP contribution in [0.3, 0.4) is 0 Å². The Morgan fingerprint density at radius 3 is 2.48 bits per heavy atom. The minimum absolute atomic E-state index is 0.160. The molecule has 1 heterocycles. The first kappa shape index (κ1) is 18.5. The average molecular weight is 361 g/mol. The molecule has 0 unspecified atom stereocenters. The number of ether oxygens (including phenoxy) is 1. The Bertz CT molecular complexity index is 893. The van der Waals surface area contributed by atoms with Gasteiger partial charge in [0.15, 0.2) is 0 Å². The van der Waals surface area contributed by atoms with Crippen LogP contribution in [0.25, 0.3) is 0 Å². The number of rotatable bonds is 6. The van der Waals surface area contributed by atoms with E-state index in [2.05, 4.69) is 29.0 Å². The number of nitrogens with one attached hydrogen (secondary N) is 1. The summed E-state index contributed by atoms with van der Waals surface area (Å²) in [7, 11) is 2.03. The third kappa shape index (κ3) is 4.85. The second-order valence-corrected chi connectivity index (χ2v) is 6.52. The molecular formula is C22H23N3O2. The molecule has 1 N–H and O–H groups in total. The van der Waals surface area contributed by atoms with Crippen molar-refractivity contribution in [2.75, 3.05) is 17.3 Å². The molecule has 27 heavy (non-hydrogen) atoms. The molecule has 5 heteroatoms. The van der Waals surface area contributed by atoms with Gasteiger partial charge in [-0.25, -0.2) is 0 Å². The fourth-order valence-corrected chi connectivity index (χ4v) is 2.52. The van der Waals surface area contributed by atoms with Gasteiger partial charge in [-0.1, -0.05) is 6.07 Å². The molecule has 1 amide bonds. The maximum Gasteiger partial charge on any atom is 0.255 e. The van der Waals surface area contributed by atoms with Crippen LogP contribution in [0, 0.1) is 0 Å². The van der Waals surface area contributed by atoms with E-state index in [0.29, 0.717) is 23.1 Å². The number of carbonyl (C=O) groups excluding carboxylic acids is 1. The maximum absolute atomic E-state index is 12.5. The molecule has 2 aromatic carbocycles. The smallest absolute Gasteiger partial charge is 0.255 e. The molecule has 0 atom stereocenters. The van der Waals surface area contributed by atoms with E-state index in [0.717, 1.165) is 11.4 Å². The van der Waals surface area contributed by atoms with E-state index in [4.69, 9.17) is 4.74 Å². The van der Waals surface area contributed by atoms with E-state index < -0.39 is 0 Å². The van der Waals surface area contributed by atoms with Gasteiger partial charge in [0.1, 0.15) is 11.5 Å². The molecule has 1 aromatic heterocycles. The minimum Gasteiger partial charge on any atom is -0.456 e. The molecule has 138 valence electrons. The molecule has 5 nitrogen and oxygen atoms in total. The van der Waals surface area contributed by atoms with Crippen molar-refractivity contribution in [3.63, 3.8) is 0 Å². The van der Waals surface area contributed by atoms with E-state index in [1.54, 1.807) is 36.7 Å².